The van der Waals surface area contributed by atoms with E-state index in [1.807, 2.05) is 0 Å². The molecule has 0 saturated carbocycles. The summed E-state index contributed by atoms with van der Waals surface area (Å²) in [6.45, 7) is -0.929. The fraction of sp³-hybridized carbons (Fsp3) is 0.0526. The normalized spacial score (nSPS) is 11.8. The maximum absolute atomic E-state index is 14.6. The van der Waals surface area contributed by atoms with Gasteiger partial charge in [0.1, 0.15) is 53.1 Å². The number of anilines is 10. The van der Waals surface area contributed by atoms with E-state index < -0.39 is 129 Å². The number of hydrogen-bond donors (Lipinski definition) is 6. The zero-order valence-corrected chi connectivity index (χ0v) is 59.4. The fourth-order valence-electron chi connectivity index (χ4n) is 6.28. The zero-order chi connectivity index (χ0) is 58.4. The van der Waals surface area contributed by atoms with Crippen molar-refractivity contribution >= 4 is 155 Å². The van der Waals surface area contributed by atoms with Crippen LogP contribution in [-0.4, -0.2) is 103 Å². The second-order valence-electron chi connectivity index (χ2n) is 15.0. The quantitative estimate of drug-likeness (QED) is 0.00506. The molecule has 7 aromatic rings. The summed E-state index contributed by atoms with van der Waals surface area (Å²) in [6.07, 6.45) is -1.40. The summed E-state index contributed by atoms with van der Waals surface area (Å²) in [4.78, 5) is 19.6. The van der Waals surface area contributed by atoms with E-state index in [2.05, 4.69) is 85.2 Å². The van der Waals surface area contributed by atoms with Crippen LogP contribution in [-0.2, 0) is 64.1 Å². The molecule has 0 amide bonds. The number of hydrogen-bond acceptors (Lipinski definition) is 35. The van der Waals surface area contributed by atoms with Crippen molar-refractivity contribution in [1.29, 1.82) is 0 Å². The second-order valence-corrected chi connectivity index (χ2v) is 23.3. The molecule has 34 nitrogen and oxygen atoms in total. The number of benzene rings is 5. The molecule has 0 radical (unpaired) electrons. The molecule has 47 heteroatoms. The molecular formula is C38H27ClFN16Na5O18S6. The second kappa shape index (κ2) is 33.3. The van der Waals surface area contributed by atoms with Crippen LogP contribution in [0.3, 0.4) is 0 Å². The van der Waals surface area contributed by atoms with E-state index >= 15 is 0 Å². The van der Waals surface area contributed by atoms with E-state index in [0.29, 0.717) is 6.07 Å². The Balaban J connectivity index is 0.00000493. The van der Waals surface area contributed by atoms with Crippen LogP contribution in [0.1, 0.15) is 0 Å². The van der Waals surface area contributed by atoms with Crippen LogP contribution in [0.25, 0.3) is 0 Å². The van der Waals surface area contributed by atoms with Crippen molar-refractivity contribution in [2.75, 3.05) is 45.1 Å². The number of rotatable bonds is 23. The fourth-order valence-corrected chi connectivity index (χ4v) is 10.2. The predicted molar refractivity (Wildman–Crippen MR) is 267 cm³/mol. The number of halogens is 2. The van der Waals surface area contributed by atoms with Gasteiger partial charge in [0.15, 0.2) is 9.84 Å². The molecule has 2 heterocycles. The van der Waals surface area contributed by atoms with Crippen molar-refractivity contribution < 1.29 is 231 Å². The average molecular weight is 1360 g/mol. The van der Waals surface area contributed by atoms with Crippen molar-refractivity contribution in [2.45, 2.75) is 24.5 Å². The third kappa shape index (κ3) is 22.5. The van der Waals surface area contributed by atoms with Crippen LogP contribution in [0.15, 0.2) is 136 Å². The molecule has 0 unspecified atom stereocenters. The molecule has 0 atom stereocenters. The molecule has 0 spiro atoms. The number of aromatic nitrogens is 6. The van der Waals surface area contributed by atoms with Gasteiger partial charge >= 0.3 is 154 Å². The molecule has 0 bridgehead atoms. The van der Waals surface area contributed by atoms with E-state index in [9.17, 15) is 69.9 Å². The number of para-hydroxylation sites is 1. The summed E-state index contributed by atoms with van der Waals surface area (Å²) in [7, 11) is -25.2. The molecule has 0 saturated heterocycles. The van der Waals surface area contributed by atoms with Crippen LogP contribution in [0, 0.1) is 6.08 Å². The Kier molecular flexibility index (Phi) is 30.6. The van der Waals surface area contributed by atoms with Gasteiger partial charge in [-0.05, 0) is 90.5 Å². The van der Waals surface area contributed by atoms with Crippen LogP contribution >= 0.6 is 23.6 Å². The van der Waals surface area contributed by atoms with Crippen molar-refractivity contribution in [3.05, 3.63) is 102 Å². The molecular weight excluding hydrogens is 1330 g/mol. The molecule has 422 valence electrons. The van der Waals surface area contributed by atoms with Crippen LogP contribution in [0.4, 0.5) is 85.1 Å². The third-order valence-electron chi connectivity index (χ3n) is 9.63. The minimum atomic E-state index is -5.54. The SMILES string of the molecule is Nc1c(N=Nc2cc(Nc3nc(Cl)nc(Nc4ccc(S(=O)(=O)CCOS(=O)(=O)[O-])cc4)n3)ccc2S(=O)(=O)[O-])cc(S(=O)(=O)[O-])c(N)c1N=Nc1cc(Nc2nc(F)nc(Nc3ccccc3S(=O)(=O)[O-])n2)ccc1SOO[O-].[Na+].[Na+].[Na+].[Na+].[Na+]. The maximum Gasteiger partial charge on any atom is 1.00 e. The molecule has 0 aliphatic rings. The number of nitrogens with zero attached hydrogens (tertiary/aromatic N) is 10. The van der Waals surface area contributed by atoms with E-state index in [-0.39, 0.29) is 210 Å². The van der Waals surface area contributed by atoms with Gasteiger partial charge in [0.2, 0.25) is 39.5 Å². The number of nitrogens with two attached hydrogens (primary N) is 2. The largest absolute Gasteiger partial charge is 1.00 e. The molecule has 8 N–H and O–H groups in total. The van der Waals surface area contributed by atoms with Crippen molar-refractivity contribution in [3.63, 3.8) is 0 Å². The predicted octanol–water partition coefficient (Wildman–Crippen LogP) is -11.0. The van der Waals surface area contributed by atoms with E-state index in [1.54, 1.807) is 0 Å². The minimum absolute atomic E-state index is 0. The monoisotopic (exact) mass is 1360 g/mol. The molecule has 5 aromatic carbocycles. The van der Waals surface area contributed by atoms with Gasteiger partial charge < -0.3 is 56.2 Å². The topological polar surface area (TPSA) is 541 Å². The number of azo groups is 2. The van der Waals surface area contributed by atoms with Gasteiger partial charge in [-0.1, -0.05) is 12.1 Å². The summed E-state index contributed by atoms with van der Waals surface area (Å²) < 4.78 is 190. The molecule has 0 aliphatic carbocycles. The van der Waals surface area contributed by atoms with Gasteiger partial charge in [-0.15, -0.1) is 20.5 Å². The molecule has 7 rings (SSSR count). The van der Waals surface area contributed by atoms with E-state index in [1.165, 1.54) is 42.5 Å². The summed E-state index contributed by atoms with van der Waals surface area (Å²) >= 11 is 6.37. The van der Waals surface area contributed by atoms with Crippen LogP contribution in [0.2, 0.25) is 5.28 Å². The number of sulfone groups is 1. The van der Waals surface area contributed by atoms with E-state index in [0.717, 1.165) is 42.5 Å². The first-order chi connectivity index (χ1) is 37.4. The van der Waals surface area contributed by atoms with Crippen molar-refractivity contribution in [1.82, 2.24) is 29.9 Å². The van der Waals surface area contributed by atoms with Crippen molar-refractivity contribution in [2.24, 2.45) is 20.5 Å². The minimum Gasteiger partial charge on any atom is -0.744 e. The standard InChI is InChI=1S/C38H32ClFN16O18S6.5Na/c39-33-47-35(43-18-5-9-21(10-6-18)76(58,59)14-13-72-80(69,70)71)51-36(48-33)44-20-8-12-28(78(63,64)65)24(16-20)54-55-25-17-29(79(66,67)68)31(42)32(30(25)41)56-53-23-15-19(7-11-26(23)75-74-73-57)45-37-49-34(40)50-38(52-37)46-22-3-1-2-4-27(22)77(60,61)62;;;;;/h1-12,15-17,57H,13-14,41-42H2,(H,60,61,62)(H,63,64,65)(H,66,67,68)(H,69,70,71)(H2,43,44,47,48,51)(H2,45,46,49,50,52);;;;;/q;5*+1/p-5. The summed E-state index contributed by atoms with van der Waals surface area (Å²) in [5.74, 6) is -2.53. The zero-order valence-electron chi connectivity index (χ0n) is 43.8. The Morgan fingerprint density at radius 1 is 0.553 bits per heavy atom. The van der Waals surface area contributed by atoms with Gasteiger partial charge in [0.25, 0.3) is 0 Å². The first-order valence-electron chi connectivity index (χ1n) is 20.7. The smallest absolute Gasteiger partial charge is 0.744 e. The maximum atomic E-state index is 14.6. The van der Waals surface area contributed by atoms with Crippen LogP contribution in [0.5, 0.6) is 0 Å². The van der Waals surface area contributed by atoms with E-state index in [4.69, 9.17) is 23.1 Å². The van der Waals surface area contributed by atoms with Crippen LogP contribution < -0.4 is 186 Å². The first kappa shape index (κ1) is 78.2. The number of nitrogen functional groups attached to an aromatic ring is 2. The Labute approximate surface area is 600 Å². The average Bonchev–Trinajstić information content (AvgIpc) is 3.49. The van der Waals surface area contributed by atoms with Gasteiger partial charge in [-0.25, -0.2) is 42.1 Å². The Hall–Kier alpha value is -2.88. The molecule has 2 aromatic heterocycles. The molecule has 85 heavy (non-hydrogen) atoms. The molecule has 0 fully saturated rings. The first-order valence-corrected chi connectivity index (χ1v) is 29.1. The van der Waals surface area contributed by atoms with Gasteiger partial charge in [0.05, 0.1) is 65.9 Å². The summed E-state index contributed by atoms with van der Waals surface area (Å²) in [5.41, 5.74) is 7.95. The Bertz CT molecular complexity index is 4230. The summed E-state index contributed by atoms with van der Waals surface area (Å²) in [5, 5.41) is 39.6. The van der Waals surface area contributed by atoms with Gasteiger partial charge in [-0.3, -0.25) is 9.22 Å². The number of nitrogens with one attached hydrogen (secondary N) is 4. The summed E-state index contributed by atoms with van der Waals surface area (Å²) in [6, 6.07) is 16.5. The third-order valence-corrected chi connectivity index (χ3v) is 15.3. The molecule has 0 aliphatic heterocycles. The van der Waals surface area contributed by atoms with Crippen molar-refractivity contribution in [3.8, 4) is 0 Å². The van der Waals surface area contributed by atoms with Gasteiger partial charge in [0, 0.05) is 17.1 Å². The van der Waals surface area contributed by atoms with Gasteiger partial charge in [-0.2, -0.15) is 38.6 Å². The Morgan fingerprint density at radius 3 is 1.61 bits per heavy atom. The Morgan fingerprint density at radius 2 is 1.05 bits per heavy atom.